The van der Waals surface area contributed by atoms with Crippen LogP contribution in [0.1, 0.15) is 17.2 Å². The third-order valence-corrected chi connectivity index (χ3v) is 4.77. The maximum atomic E-state index is 12.0. The number of ether oxygens (including phenoxy) is 1. The number of benzene rings is 1. The maximum absolute atomic E-state index is 12.0. The highest BCUT2D eigenvalue weighted by Crippen LogP contribution is 2.32. The zero-order valence-corrected chi connectivity index (χ0v) is 10.2. The summed E-state index contributed by atoms with van der Waals surface area (Å²) < 4.78 is 17.0. The van der Waals surface area contributed by atoms with Crippen molar-refractivity contribution in [2.24, 2.45) is 5.73 Å². The Morgan fingerprint density at radius 1 is 1.50 bits per heavy atom. The van der Waals surface area contributed by atoms with E-state index in [2.05, 4.69) is 6.07 Å². The molecular weight excluding hydrogens is 222 g/mol. The molecule has 0 aliphatic heterocycles. The minimum Gasteiger partial charge on any atom is -0.384 e. The van der Waals surface area contributed by atoms with Crippen molar-refractivity contribution in [1.29, 1.82) is 0 Å². The maximum Gasteiger partial charge on any atom is 0.0582 e. The van der Waals surface area contributed by atoms with Crippen LogP contribution in [0, 0.1) is 0 Å². The Morgan fingerprint density at radius 3 is 2.94 bits per heavy atom. The van der Waals surface area contributed by atoms with E-state index in [0.29, 0.717) is 12.4 Å². The number of hydrogen-bond donors (Lipinski definition) is 1. The van der Waals surface area contributed by atoms with E-state index in [-0.39, 0.29) is 11.3 Å². The lowest BCUT2D eigenvalue weighted by Gasteiger charge is -2.15. The summed E-state index contributed by atoms with van der Waals surface area (Å²) in [5.41, 5.74) is 8.52. The predicted octanol–water partition coefficient (Wildman–Crippen LogP) is 1.01. The highest BCUT2D eigenvalue weighted by atomic mass is 32.2. The quantitative estimate of drug-likeness (QED) is 0.853. The number of rotatable bonds is 4. The molecular formula is C12H17NO2S. The molecule has 1 aromatic rings. The molecule has 0 fully saturated rings. The van der Waals surface area contributed by atoms with Crippen LogP contribution in [0.4, 0.5) is 0 Å². The molecule has 16 heavy (non-hydrogen) atoms. The Morgan fingerprint density at radius 2 is 2.25 bits per heavy atom. The molecule has 0 bridgehead atoms. The van der Waals surface area contributed by atoms with Crippen LogP contribution >= 0.6 is 0 Å². The van der Waals surface area contributed by atoms with Crippen LogP contribution in [0.3, 0.4) is 0 Å². The first kappa shape index (κ1) is 11.8. The van der Waals surface area contributed by atoms with Crippen LogP contribution in [0.15, 0.2) is 24.3 Å². The van der Waals surface area contributed by atoms with Gasteiger partial charge in [-0.15, -0.1) is 0 Å². The summed E-state index contributed by atoms with van der Waals surface area (Å²) in [5, 5.41) is 0.0487. The summed E-state index contributed by atoms with van der Waals surface area (Å²) in [7, 11) is 0.724. The molecule has 0 heterocycles. The van der Waals surface area contributed by atoms with Gasteiger partial charge in [-0.25, -0.2) is 0 Å². The van der Waals surface area contributed by atoms with Crippen molar-refractivity contribution in [3.8, 4) is 0 Å². The van der Waals surface area contributed by atoms with E-state index in [1.54, 1.807) is 7.11 Å². The van der Waals surface area contributed by atoms with Gasteiger partial charge in [0, 0.05) is 29.7 Å². The van der Waals surface area contributed by atoms with Gasteiger partial charge >= 0.3 is 0 Å². The first-order valence-electron chi connectivity index (χ1n) is 5.43. The molecule has 1 aliphatic carbocycles. The molecule has 88 valence electrons. The van der Waals surface area contributed by atoms with E-state index in [4.69, 9.17) is 10.5 Å². The van der Waals surface area contributed by atoms with Gasteiger partial charge in [-0.1, -0.05) is 24.3 Å². The van der Waals surface area contributed by atoms with Crippen LogP contribution in [0.2, 0.25) is 0 Å². The van der Waals surface area contributed by atoms with Crippen molar-refractivity contribution < 1.29 is 8.95 Å². The van der Waals surface area contributed by atoms with Gasteiger partial charge < -0.3 is 10.5 Å². The number of fused-ring (bicyclic) bond motifs is 1. The molecule has 0 spiro atoms. The Hall–Kier alpha value is -0.710. The Labute approximate surface area is 98.4 Å². The lowest BCUT2D eigenvalue weighted by Crippen LogP contribution is -2.29. The highest BCUT2D eigenvalue weighted by Gasteiger charge is 2.33. The van der Waals surface area contributed by atoms with Gasteiger partial charge in [0.1, 0.15) is 0 Å². The number of hydrogen-bond acceptors (Lipinski definition) is 3. The largest absolute Gasteiger partial charge is 0.384 e. The number of methoxy groups -OCH3 is 1. The molecule has 0 radical (unpaired) electrons. The second kappa shape index (κ2) is 5.08. The molecule has 2 rings (SSSR count). The third kappa shape index (κ3) is 2.19. The summed E-state index contributed by atoms with van der Waals surface area (Å²) in [6.07, 6.45) is 0.827. The molecule has 2 N–H and O–H groups in total. The fourth-order valence-electron chi connectivity index (χ4n) is 2.16. The summed E-state index contributed by atoms with van der Waals surface area (Å²) in [6, 6.07) is 8.01. The molecule has 1 aliphatic rings. The van der Waals surface area contributed by atoms with Crippen molar-refractivity contribution in [3.05, 3.63) is 35.4 Å². The first-order valence-corrected chi connectivity index (χ1v) is 6.81. The van der Waals surface area contributed by atoms with Gasteiger partial charge in [-0.05, 0) is 17.5 Å². The fraction of sp³-hybridized carbons (Fsp3) is 0.500. The minimum absolute atomic E-state index is 0.0487. The zero-order valence-electron chi connectivity index (χ0n) is 9.39. The molecule has 4 heteroatoms. The van der Waals surface area contributed by atoms with Crippen LogP contribution in [0.5, 0.6) is 0 Å². The van der Waals surface area contributed by atoms with Gasteiger partial charge in [-0.2, -0.15) is 0 Å². The zero-order chi connectivity index (χ0) is 11.5. The smallest absolute Gasteiger partial charge is 0.0582 e. The van der Waals surface area contributed by atoms with Crippen LogP contribution < -0.4 is 5.73 Å². The van der Waals surface area contributed by atoms with E-state index in [0.717, 1.165) is 12.0 Å². The average molecular weight is 239 g/mol. The van der Waals surface area contributed by atoms with Gasteiger partial charge in [0.15, 0.2) is 0 Å². The van der Waals surface area contributed by atoms with Crippen molar-refractivity contribution in [2.75, 3.05) is 19.5 Å². The van der Waals surface area contributed by atoms with Crippen LogP contribution in [-0.2, 0) is 22.0 Å². The molecule has 0 aromatic heterocycles. The highest BCUT2D eigenvalue weighted by molar-refractivity contribution is 7.85. The van der Waals surface area contributed by atoms with E-state index < -0.39 is 10.8 Å². The normalized spacial score (nSPS) is 25.4. The molecule has 3 unspecified atom stereocenters. The van der Waals surface area contributed by atoms with E-state index >= 15 is 0 Å². The Bertz CT molecular complexity index is 394. The summed E-state index contributed by atoms with van der Waals surface area (Å²) in [5.74, 6) is 0.572. The SMILES string of the molecule is COCCS(=O)C1Cc2ccccc2C1N. The van der Waals surface area contributed by atoms with Crippen molar-refractivity contribution in [1.82, 2.24) is 0 Å². The van der Waals surface area contributed by atoms with Gasteiger partial charge in [0.05, 0.1) is 11.9 Å². The predicted molar refractivity (Wildman–Crippen MR) is 65.7 cm³/mol. The molecule has 0 amide bonds. The summed E-state index contributed by atoms with van der Waals surface area (Å²) in [4.78, 5) is 0. The van der Waals surface area contributed by atoms with Crippen LogP contribution in [0.25, 0.3) is 0 Å². The van der Waals surface area contributed by atoms with Gasteiger partial charge in [0.2, 0.25) is 0 Å². The fourth-order valence-corrected chi connectivity index (χ4v) is 3.64. The van der Waals surface area contributed by atoms with Gasteiger partial charge in [0.25, 0.3) is 0 Å². The van der Waals surface area contributed by atoms with E-state index in [9.17, 15) is 4.21 Å². The second-order valence-corrected chi connectivity index (χ2v) is 5.82. The lowest BCUT2D eigenvalue weighted by atomic mass is 10.1. The second-order valence-electron chi connectivity index (χ2n) is 4.04. The van der Waals surface area contributed by atoms with Crippen molar-refractivity contribution in [3.63, 3.8) is 0 Å². The Balaban J connectivity index is 2.09. The van der Waals surface area contributed by atoms with Gasteiger partial charge in [-0.3, -0.25) is 4.21 Å². The molecule has 0 saturated carbocycles. The average Bonchev–Trinajstić information content (AvgIpc) is 2.64. The number of nitrogens with two attached hydrogens (primary N) is 1. The molecule has 3 atom stereocenters. The topological polar surface area (TPSA) is 52.3 Å². The van der Waals surface area contributed by atoms with E-state index in [1.807, 2.05) is 18.2 Å². The molecule has 3 nitrogen and oxygen atoms in total. The van der Waals surface area contributed by atoms with Crippen LogP contribution in [-0.4, -0.2) is 28.9 Å². The summed E-state index contributed by atoms with van der Waals surface area (Å²) >= 11 is 0. The Kier molecular flexibility index (Phi) is 3.74. The third-order valence-electron chi connectivity index (χ3n) is 3.06. The van der Waals surface area contributed by atoms with Crippen molar-refractivity contribution >= 4 is 10.8 Å². The molecule has 0 saturated heterocycles. The molecule has 1 aromatic carbocycles. The standard InChI is InChI=1S/C12H17NO2S/c1-15-6-7-16(14)11-8-9-4-2-3-5-10(9)12(11)13/h2-5,11-12H,6-8,13H2,1H3. The minimum atomic E-state index is -0.902. The van der Waals surface area contributed by atoms with Crippen molar-refractivity contribution in [2.45, 2.75) is 17.7 Å². The first-order chi connectivity index (χ1) is 7.74. The van der Waals surface area contributed by atoms with E-state index in [1.165, 1.54) is 5.56 Å². The summed E-state index contributed by atoms with van der Waals surface area (Å²) in [6.45, 7) is 0.534. The lowest BCUT2D eigenvalue weighted by molar-refractivity contribution is 0.218. The monoisotopic (exact) mass is 239 g/mol.